The predicted molar refractivity (Wildman–Crippen MR) is 150 cm³/mol. The number of hydrazone groups is 1. The number of benzene rings is 2. The third kappa shape index (κ3) is 5.21. The molecule has 2 aromatic carbocycles. The van der Waals surface area contributed by atoms with Gasteiger partial charge in [0.05, 0.1) is 37.6 Å². The van der Waals surface area contributed by atoms with Crippen molar-refractivity contribution in [2.24, 2.45) is 10.5 Å². The maximum atomic E-state index is 13.5. The van der Waals surface area contributed by atoms with Gasteiger partial charge in [-0.15, -0.1) is 0 Å². The van der Waals surface area contributed by atoms with E-state index in [0.29, 0.717) is 35.9 Å². The van der Waals surface area contributed by atoms with Crippen molar-refractivity contribution in [3.05, 3.63) is 53.6 Å². The van der Waals surface area contributed by atoms with Crippen molar-refractivity contribution in [1.82, 2.24) is 9.91 Å². The molecule has 1 aliphatic carbocycles. The third-order valence-corrected chi connectivity index (χ3v) is 8.48. The van der Waals surface area contributed by atoms with Gasteiger partial charge in [-0.2, -0.15) is 5.10 Å². The molecule has 208 valence electrons. The first kappa shape index (κ1) is 27.0. The molecular weight excluding hydrogens is 494 g/mol. The highest BCUT2D eigenvalue weighted by atomic mass is 16.5. The second-order valence-electron chi connectivity index (χ2n) is 11.2. The largest absolute Gasteiger partial charge is 0.493 e. The number of methoxy groups -OCH3 is 2. The van der Waals surface area contributed by atoms with Gasteiger partial charge in [-0.05, 0) is 68.9 Å². The molecule has 1 unspecified atom stereocenters. The number of carbonyl (C=O) groups is 2. The summed E-state index contributed by atoms with van der Waals surface area (Å²) in [5.74, 6) is 1.96. The summed E-state index contributed by atoms with van der Waals surface area (Å²) in [6.07, 6.45) is 7.13. The fraction of sp³-hybridized carbons (Fsp3) is 0.516. The number of carbonyl (C=O) groups excluding carboxylic acids is 2. The fourth-order valence-electron chi connectivity index (χ4n) is 6.17. The van der Waals surface area contributed by atoms with E-state index in [4.69, 9.17) is 19.3 Å². The van der Waals surface area contributed by atoms with Crippen molar-refractivity contribution in [3.63, 3.8) is 0 Å². The highest BCUT2D eigenvalue weighted by Crippen LogP contribution is 2.40. The molecule has 0 radical (unpaired) electrons. The Bertz CT molecular complexity index is 1230. The van der Waals surface area contributed by atoms with Crippen LogP contribution < -0.4 is 14.2 Å². The molecule has 3 aliphatic rings. The molecule has 8 nitrogen and oxygen atoms in total. The summed E-state index contributed by atoms with van der Waals surface area (Å²) in [4.78, 5) is 27.8. The molecule has 2 aliphatic heterocycles. The summed E-state index contributed by atoms with van der Waals surface area (Å²) in [7, 11) is 3.22. The number of ether oxygens (including phenoxy) is 3. The SMILES string of the molecule is COc1ccc(C2=NN(C3CCN(C(=O)c4ccccc4OC4CCCC4)CC3)C(C=O)C2(C)C)cc1OC. The molecule has 1 saturated heterocycles. The number of aldehydes is 1. The zero-order valence-corrected chi connectivity index (χ0v) is 23.4. The van der Waals surface area contributed by atoms with Gasteiger partial charge in [-0.1, -0.05) is 26.0 Å². The molecule has 2 heterocycles. The van der Waals surface area contributed by atoms with E-state index in [1.807, 2.05) is 52.4 Å². The van der Waals surface area contributed by atoms with Gasteiger partial charge in [0.15, 0.2) is 11.5 Å². The van der Waals surface area contributed by atoms with E-state index in [9.17, 15) is 9.59 Å². The van der Waals surface area contributed by atoms with Crippen LogP contribution >= 0.6 is 0 Å². The number of hydrogen-bond donors (Lipinski definition) is 0. The van der Waals surface area contributed by atoms with Crippen molar-refractivity contribution < 1.29 is 23.8 Å². The molecular formula is C31H39N3O5. The maximum absolute atomic E-state index is 13.5. The average molecular weight is 534 g/mol. The first-order valence-corrected chi connectivity index (χ1v) is 14.0. The van der Waals surface area contributed by atoms with Crippen LogP contribution in [0.2, 0.25) is 0 Å². The van der Waals surface area contributed by atoms with Crippen LogP contribution in [0, 0.1) is 5.41 Å². The number of para-hydroxylation sites is 1. The second kappa shape index (κ2) is 11.3. The Morgan fingerprint density at radius 3 is 2.31 bits per heavy atom. The lowest BCUT2D eigenvalue weighted by molar-refractivity contribution is -0.115. The molecule has 8 heteroatoms. The second-order valence-corrected chi connectivity index (χ2v) is 11.2. The summed E-state index contributed by atoms with van der Waals surface area (Å²) in [6, 6.07) is 13.0. The number of amides is 1. The molecule has 2 aromatic rings. The quantitative estimate of drug-likeness (QED) is 0.447. The van der Waals surface area contributed by atoms with E-state index in [1.54, 1.807) is 14.2 Å². The minimum atomic E-state index is -0.495. The van der Waals surface area contributed by atoms with Gasteiger partial charge < -0.3 is 23.9 Å². The Hall–Kier alpha value is -3.55. The van der Waals surface area contributed by atoms with Crippen molar-refractivity contribution >= 4 is 17.9 Å². The summed E-state index contributed by atoms with van der Waals surface area (Å²) < 4.78 is 17.1. The molecule has 39 heavy (non-hydrogen) atoms. The van der Waals surface area contributed by atoms with Crippen LogP contribution in [0.3, 0.4) is 0 Å². The Balaban J connectivity index is 1.31. The predicted octanol–water partition coefficient (Wildman–Crippen LogP) is 4.94. The lowest BCUT2D eigenvalue weighted by Gasteiger charge is -2.39. The number of hydrogen-bond acceptors (Lipinski definition) is 7. The van der Waals surface area contributed by atoms with Crippen LogP contribution in [-0.4, -0.2) is 73.3 Å². The first-order valence-electron chi connectivity index (χ1n) is 14.0. The third-order valence-electron chi connectivity index (χ3n) is 8.48. The molecule has 5 rings (SSSR count). The standard InChI is InChI=1S/C31H39N3O5/c1-31(2)28(20-35)34(32-29(31)21-13-14-26(37-3)27(19-21)38-4)22-15-17-33(18-16-22)30(36)24-11-7-8-12-25(24)39-23-9-5-6-10-23/h7-8,11-14,19-20,22-23,28H,5-6,9-10,15-18H2,1-4H3. The lowest BCUT2D eigenvalue weighted by Crippen LogP contribution is -2.50. The van der Waals surface area contributed by atoms with Crippen LogP contribution in [0.4, 0.5) is 0 Å². The summed E-state index contributed by atoms with van der Waals surface area (Å²) in [6.45, 7) is 5.32. The van der Waals surface area contributed by atoms with Crippen LogP contribution in [0.5, 0.6) is 17.2 Å². The van der Waals surface area contributed by atoms with Gasteiger partial charge in [0, 0.05) is 24.1 Å². The highest BCUT2D eigenvalue weighted by Gasteiger charge is 2.47. The molecule has 0 aromatic heterocycles. The molecule has 1 saturated carbocycles. The minimum Gasteiger partial charge on any atom is -0.493 e. The Morgan fingerprint density at radius 1 is 0.949 bits per heavy atom. The zero-order valence-electron chi connectivity index (χ0n) is 23.4. The number of rotatable bonds is 8. The van der Waals surface area contributed by atoms with Crippen LogP contribution in [0.25, 0.3) is 0 Å². The van der Waals surface area contributed by atoms with Crippen LogP contribution in [-0.2, 0) is 4.79 Å². The van der Waals surface area contributed by atoms with Crippen molar-refractivity contribution in [1.29, 1.82) is 0 Å². The fourth-order valence-corrected chi connectivity index (χ4v) is 6.17. The van der Waals surface area contributed by atoms with E-state index < -0.39 is 11.5 Å². The molecule has 0 N–H and O–H groups in total. The summed E-state index contributed by atoms with van der Waals surface area (Å²) in [5.41, 5.74) is 1.88. The van der Waals surface area contributed by atoms with Gasteiger partial charge in [0.2, 0.25) is 0 Å². The molecule has 0 bridgehead atoms. The van der Waals surface area contributed by atoms with Crippen LogP contribution in [0.15, 0.2) is 47.6 Å². The average Bonchev–Trinajstić information content (AvgIpc) is 3.57. The Labute approximate surface area is 230 Å². The van der Waals surface area contributed by atoms with Crippen LogP contribution in [0.1, 0.15) is 68.3 Å². The zero-order chi connectivity index (χ0) is 27.6. The number of nitrogens with zero attached hydrogens (tertiary/aromatic N) is 3. The number of likely N-dealkylation sites (tertiary alicyclic amines) is 1. The topological polar surface area (TPSA) is 80.7 Å². The van der Waals surface area contributed by atoms with Crippen molar-refractivity contribution in [3.8, 4) is 17.2 Å². The van der Waals surface area contributed by atoms with Gasteiger partial charge in [-0.25, -0.2) is 0 Å². The molecule has 2 fully saturated rings. The summed E-state index contributed by atoms with van der Waals surface area (Å²) >= 11 is 0. The van der Waals surface area contributed by atoms with Gasteiger partial charge >= 0.3 is 0 Å². The van der Waals surface area contributed by atoms with Crippen molar-refractivity contribution in [2.45, 2.75) is 70.6 Å². The maximum Gasteiger partial charge on any atom is 0.257 e. The van der Waals surface area contributed by atoms with E-state index in [2.05, 4.69) is 13.8 Å². The highest BCUT2D eigenvalue weighted by molar-refractivity contribution is 6.07. The number of piperidine rings is 1. The van der Waals surface area contributed by atoms with E-state index in [-0.39, 0.29) is 18.1 Å². The Kier molecular flexibility index (Phi) is 7.82. The molecule has 1 amide bonds. The van der Waals surface area contributed by atoms with Gasteiger partial charge in [0.1, 0.15) is 18.1 Å². The normalized spacial score (nSPS) is 21.5. The van der Waals surface area contributed by atoms with E-state index in [0.717, 1.165) is 43.2 Å². The molecule has 0 spiro atoms. The smallest absolute Gasteiger partial charge is 0.257 e. The van der Waals surface area contributed by atoms with Gasteiger partial charge in [0.25, 0.3) is 5.91 Å². The lowest BCUT2D eigenvalue weighted by atomic mass is 9.78. The monoisotopic (exact) mass is 533 g/mol. The summed E-state index contributed by atoms with van der Waals surface area (Å²) in [5, 5.41) is 6.99. The van der Waals surface area contributed by atoms with E-state index in [1.165, 1.54) is 12.8 Å². The van der Waals surface area contributed by atoms with Crippen molar-refractivity contribution in [2.75, 3.05) is 27.3 Å². The molecule has 1 atom stereocenters. The first-order chi connectivity index (χ1) is 18.9. The minimum absolute atomic E-state index is 0.00487. The van der Waals surface area contributed by atoms with E-state index >= 15 is 0 Å². The van der Waals surface area contributed by atoms with Gasteiger partial charge in [-0.3, -0.25) is 9.80 Å². The Morgan fingerprint density at radius 2 is 1.64 bits per heavy atom.